The number of carbonyl (C=O) groups excluding carboxylic acids is 2. The van der Waals surface area contributed by atoms with Gasteiger partial charge in [-0.05, 0) is 39.2 Å². The van der Waals surface area contributed by atoms with E-state index in [1.807, 2.05) is 19.9 Å². The molecule has 0 aromatic carbocycles. The standard InChI is InChI=1S/C14H22O3/c1-12(8-5-10-15)6-4-7-13(2)9-11-17-14(3)16/h6,9-10H,4-5,7-8,11H2,1-3H3. The number of ether oxygens (including phenoxy) is 1. The topological polar surface area (TPSA) is 43.4 Å². The predicted molar refractivity (Wildman–Crippen MR) is 68.7 cm³/mol. The van der Waals surface area contributed by atoms with Gasteiger partial charge in [0.2, 0.25) is 0 Å². The molecule has 0 spiro atoms. The summed E-state index contributed by atoms with van der Waals surface area (Å²) in [5, 5.41) is 0. The molecule has 0 rings (SSSR count). The van der Waals surface area contributed by atoms with Crippen LogP contribution in [0.5, 0.6) is 0 Å². The Hall–Kier alpha value is -1.38. The van der Waals surface area contributed by atoms with Crippen molar-refractivity contribution >= 4 is 12.3 Å². The molecule has 0 aliphatic carbocycles. The Labute approximate surface area is 104 Å². The molecule has 0 heterocycles. The van der Waals surface area contributed by atoms with E-state index >= 15 is 0 Å². The van der Waals surface area contributed by atoms with E-state index in [-0.39, 0.29) is 5.97 Å². The monoisotopic (exact) mass is 238 g/mol. The molecule has 0 aromatic rings. The number of esters is 1. The van der Waals surface area contributed by atoms with Crippen LogP contribution in [0.4, 0.5) is 0 Å². The van der Waals surface area contributed by atoms with Crippen molar-refractivity contribution in [2.45, 2.75) is 46.5 Å². The van der Waals surface area contributed by atoms with Gasteiger partial charge in [0, 0.05) is 13.3 Å². The van der Waals surface area contributed by atoms with Crippen molar-refractivity contribution in [3.05, 3.63) is 23.3 Å². The fraction of sp³-hybridized carbons (Fsp3) is 0.571. The summed E-state index contributed by atoms with van der Waals surface area (Å²) in [5.41, 5.74) is 2.47. The fourth-order valence-electron chi connectivity index (χ4n) is 1.34. The van der Waals surface area contributed by atoms with Crippen LogP contribution in [-0.4, -0.2) is 18.9 Å². The van der Waals surface area contributed by atoms with Gasteiger partial charge >= 0.3 is 5.97 Å². The number of hydrogen-bond acceptors (Lipinski definition) is 3. The van der Waals surface area contributed by atoms with Gasteiger partial charge in [0.05, 0.1) is 0 Å². The minimum Gasteiger partial charge on any atom is -0.462 e. The van der Waals surface area contributed by atoms with Crippen LogP contribution in [0.25, 0.3) is 0 Å². The highest BCUT2D eigenvalue weighted by atomic mass is 16.5. The summed E-state index contributed by atoms with van der Waals surface area (Å²) < 4.78 is 4.82. The Balaban J connectivity index is 3.78. The van der Waals surface area contributed by atoms with Crippen molar-refractivity contribution in [3.63, 3.8) is 0 Å². The maximum Gasteiger partial charge on any atom is 0.302 e. The quantitative estimate of drug-likeness (QED) is 0.370. The van der Waals surface area contributed by atoms with Crippen LogP contribution in [-0.2, 0) is 14.3 Å². The molecule has 0 fully saturated rings. The van der Waals surface area contributed by atoms with Gasteiger partial charge < -0.3 is 9.53 Å². The average molecular weight is 238 g/mol. The Bertz CT molecular complexity index is 301. The molecule has 0 N–H and O–H groups in total. The third kappa shape index (κ3) is 10.9. The lowest BCUT2D eigenvalue weighted by molar-refractivity contribution is -0.139. The maximum absolute atomic E-state index is 10.5. The molecule has 0 aromatic heterocycles. The molecular weight excluding hydrogens is 216 g/mol. The second-order valence-corrected chi connectivity index (χ2v) is 4.15. The van der Waals surface area contributed by atoms with E-state index < -0.39 is 0 Å². The Morgan fingerprint density at radius 2 is 1.59 bits per heavy atom. The van der Waals surface area contributed by atoms with Gasteiger partial charge in [-0.25, -0.2) is 0 Å². The summed E-state index contributed by atoms with van der Waals surface area (Å²) in [4.78, 5) is 20.7. The van der Waals surface area contributed by atoms with Crippen LogP contribution < -0.4 is 0 Å². The van der Waals surface area contributed by atoms with Gasteiger partial charge in [0.15, 0.2) is 0 Å². The Morgan fingerprint density at radius 3 is 2.18 bits per heavy atom. The van der Waals surface area contributed by atoms with Crippen LogP contribution in [0.2, 0.25) is 0 Å². The zero-order valence-corrected chi connectivity index (χ0v) is 11.0. The van der Waals surface area contributed by atoms with Crippen molar-refractivity contribution in [2.75, 3.05) is 6.61 Å². The minimum atomic E-state index is -0.251. The molecule has 96 valence electrons. The second-order valence-electron chi connectivity index (χ2n) is 4.15. The van der Waals surface area contributed by atoms with E-state index in [0.717, 1.165) is 25.5 Å². The van der Waals surface area contributed by atoms with Crippen LogP contribution in [0, 0.1) is 0 Å². The smallest absolute Gasteiger partial charge is 0.302 e. The highest BCUT2D eigenvalue weighted by molar-refractivity contribution is 5.66. The molecule has 0 atom stereocenters. The Kier molecular flexibility index (Phi) is 9.02. The van der Waals surface area contributed by atoms with Gasteiger partial charge in [-0.15, -0.1) is 0 Å². The van der Waals surface area contributed by atoms with Crippen LogP contribution in [0.15, 0.2) is 23.3 Å². The molecule has 0 unspecified atom stereocenters. The molecule has 0 aliphatic heterocycles. The highest BCUT2D eigenvalue weighted by Gasteiger charge is 1.93. The maximum atomic E-state index is 10.5. The lowest BCUT2D eigenvalue weighted by atomic mass is 10.1. The van der Waals surface area contributed by atoms with Crippen LogP contribution in [0.3, 0.4) is 0 Å². The number of rotatable bonds is 8. The first-order valence-corrected chi connectivity index (χ1v) is 5.94. The number of carbonyl (C=O) groups is 2. The summed E-state index contributed by atoms with van der Waals surface area (Å²) in [6.07, 6.45) is 8.40. The van der Waals surface area contributed by atoms with E-state index in [2.05, 4.69) is 6.08 Å². The predicted octanol–water partition coefficient (Wildman–Crippen LogP) is 3.20. The highest BCUT2D eigenvalue weighted by Crippen LogP contribution is 2.09. The summed E-state index contributed by atoms with van der Waals surface area (Å²) in [7, 11) is 0. The van der Waals surface area contributed by atoms with Gasteiger partial charge in [-0.3, -0.25) is 4.79 Å². The summed E-state index contributed by atoms with van der Waals surface area (Å²) in [6, 6.07) is 0. The number of aldehydes is 1. The molecule has 0 saturated carbocycles. The lowest BCUT2D eigenvalue weighted by Gasteiger charge is -2.01. The van der Waals surface area contributed by atoms with Gasteiger partial charge in [-0.2, -0.15) is 0 Å². The number of allylic oxidation sites excluding steroid dienone is 3. The van der Waals surface area contributed by atoms with Crippen molar-refractivity contribution in [1.82, 2.24) is 0 Å². The van der Waals surface area contributed by atoms with Crippen molar-refractivity contribution in [2.24, 2.45) is 0 Å². The van der Waals surface area contributed by atoms with Gasteiger partial charge in [0.25, 0.3) is 0 Å². The molecule has 3 nitrogen and oxygen atoms in total. The molecule has 17 heavy (non-hydrogen) atoms. The molecule has 0 radical (unpaired) electrons. The zero-order chi connectivity index (χ0) is 13.1. The summed E-state index contributed by atoms with van der Waals surface area (Å²) in [5.74, 6) is -0.251. The van der Waals surface area contributed by atoms with E-state index in [4.69, 9.17) is 4.74 Å². The summed E-state index contributed by atoms with van der Waals surface area (Å²) >= 11 is 0. The average Bonchev–Trinajstić information content (AvgIpc) is 2.25. The van der Waals surface area contributed by atoms with E-state index in [0.29, 0.717) is 13.0 Å². The van der Waals surface area contributed by atoms with E-state index in [9.17, 15) is 9.59 Å². The van der Waals surface area contributed by atoms with Gasteiger partial charge in [0.1, 0.15) is 12.9 Å². The molecule has 0 aliphatic rings. The minimum absolute atomic E-state index is 0.251. The van der Waals surface area contributed by atoms with E-state index in [1.54, 1.807) is 0 Å². The number of hydrogen-bond donors (Lipinski definition) is 0. The van der Waals surface area contributed by atoms with Crippen molar-refractivity contribution < 1.29 is 14.3 Å². The second kappa shape index (κ2) is 9.82. The van der Waals surface area contributed by atoms with Crippen molar-refractivity contribution in [3.8, 4) is 0 Å². The van der Waals surface area contributed by atoms with Crippen LogP contribution in [0.1, 0.15) is 46.5 Å². The first kappa shape index (κ1) is 15.6. The molecule has 0 saturated heterocycles. The van der Waals surface area contributed by atoms with Gasteiger partial charge in [-0.1, -0.05) is 17.2 Å². The molecule has 0 amide bonds. The Morgan fingerprint density at radius 1 is 1.00 bits per heavy atom. The SMILES string of the molecule is CC(=O)OCC=C(C)CCC=C(C)CCC=O. The molecule has 0 bridgehead atoms. The fourth-order valence-corrected chi connectivity index (χ4v) is 1.34. The largest absolute Gasteiger partial charge is 0.462 e. The lowest BCUT2D eigenvalue weighted by Crippen LogP contribution is -1.98. The zero-order valence-electron chi connectivity index (χ0n) is 11.0. The van der Waals surface area contributed by atoms with E-state index in [1.165, 1.54) is 18.1 Å². The van der Waals surface area contributed by atoms with Crippen molar-refractivity contribution in [1.29, 1.82) is 0 Å². The summed E-state index contributed by atoms with van der Waals surface area (Å²) in [6.45, 7) is 5.83. The third-order valence-corrected chi connectivity index (χ3v) is 2.41. The first-order chi connectivity index (χ1) is 8.06. The molecule has 3 heteroatoms. The first-order valence-electron chi connectivity index (χ1n) is 5.94. The normalized spacial score (nSPS) is 12.4. The third-order valence-electron chi connectivity index (χ3n) is 2.41. The molecular formula is C14H22O3. The van der Waals surface area contributed by atoms with Crippen LogP contribution >= 0.6 is 0 Å².